The number of hydrogen-bond donors (Lipinski definition) is 1. The van der Waals surface area contributed by atoms with Gasteiger partial charge in [0, 0.05) is 31.6 Å². The van der Waals surface area contributed by atoms with E-state index in [2.05, 4.69) is 5.32 Å². The molecule has 3 fully saturated rings. The van der Waals surface area contributed by atoms with Crippen LogP contribution in [0.15, 0.2) is 24.3 Å². The zero-order chi connectivity index (χ0) is 18.1. The first-order valence-corrected chi connectivity index (χ1v) is 9.21. The smallest absolute Gasteiger partial charge is 0.318 e. The van der Waals surface area contributed by atoms with E-state index in [9.17, 15) is 14.0 Å². The average molecular weight is 361 g/mol. The van der Waals surface area contributed by atoms with Crippen LogP contribution in [0.25, 0.3) is 0 Å². The molecule has 1 unspecified atom stereocenters. The Labute approximate surface area is 152 Å². The van der Waals surface area contributed by atoms with Gasteiger partial charge < -0.3 is 19.9 Å². The van der Waals surface area contributed by atoms with Gasteiger partial charge in [0.25, 0.3) is 0 Å². The van der Waals surface area contributed by atoms with Crippen molar-refractivity contribution in [1.82, 2.24) is 15.1 Å². The number of halogens is 1. The summed E-state index contributed by atoms with van der Waals surface area (Å²) in [6.07, 6.45) is 2.80. The molecule has 3 aliphatic rings. The van der Waals surface area contributed by atoms with E-state index in [1.54, 1.807) is 21.9 Å². The van der Waals surface area contributed by atoms with Crippen LogP contribution in [-0.2, 0) is 16.1 Å². The maximum Gasteiger partial charge on any atom is 0.318 e. The summed E-state index contributed by atoms with van der Waals surface area (Å²) < 4.78 is 18.6. The van der Waals surface area contributed by atoms with Crippen molar-refractivity contribution in [2.45, 2.75) is 31.8 Å². The summed E-state index contributed by atoms with van der Waals surface area (Å²) in [4.78, 5) is 28.7. The fourth-order valence-electron chi connectivity index (χ4n) is 3.73. The van der Waals surface area contributed by atoms with Crippen LogP contribution >= 0.6 is 0 Å². The number of hydrogen-bond acceptors (Lipinski definition) is 3. The van der Waals surface area contributed by atoms with Crippen LogP contribution in [0.2, 0.25) is 0 Å². The molecule has 1 atom stereocenters. The number of likely N-dealkylation sites (tertiary alicyclic amines) is 1. The maximum absolute atomic E-state index is 13.0. The van der Waals surface area contributed by atoms with Crippen molar-refractivity contribution in [2.75, 3.05) is 32.8 Å². The van der Waals surface area contributed by atoms with Gasteiger partial charge in [0.15, 0.2) is 0 Å². The lowest BCUT2D eigenvalue weighted by molar-refractivity contribution is -0.129. The molecule has 1 aromatic carbocycles. The van der Waals surface area contributed by atoms with Crippen molar-refractivity contribution in [2.24, 2.45) is 5.41 Å². The van der Waals surface area contributed by atoms with Crippen LogP contribution < -0.4 is 5.32 Å². The molecule has 0 aromatic heterocycles. The molecule has 1 spiro atoms. The van der Waals surface area contributed by atoms with Gasteiger partial charge in [-0.2, -0.15) is 0 Å². The highest BCUT2D eigenvalue weighted by Crippen LogP contribution is 2.47. The number of benzene rings is 1. The van der Waals surface area contributed by atoms with Crippen molar-refractivity contribution in [3.63, 3.8) is 0 Å². The molecule has 0 radical (unpaired) electrons. The van der Waals surface area contributed by atoms with E-state index < -0.39 is 6.04 Å². The van der Waals surface area contributed by atoms with Crippen LogP contribution in [0.5, 0.6) is 0 Å². The second-order valence-corrected chi connectivity index (χ2v) is 7.65. The molecular weight excluding hydrogens is 337 g/mol. The molecule has 0 bridgehead atoms. The molecule has 26 heavy (non-hydrogen) atoms. The number of nitrogens with one attached hydrogen (secondary N) is 1. The van der Waals surface area contributed by atoms with Gasteiger partial charge in [0.05, 0.1) is 13.2 Å². The summed E-state index contributed by atoms with van der Waals surface area (Å²) in [5, 5.41) is 2.90. The first-order valence-electron chi connectivity index (χ1n) is 9.21. The second kappa shape index (κ2) is 6.87. The topological polar surface area (TPSA) is 61.9 Å². The molecule has 140 valence electrons. The normalized spacial score (nSPS) is 24.7. The van der Waals surface area contributed by atoms with Gasteiger partial charge in [-0.15, -0.1) is 0 Å². The average Bonchev–Trinajstić information content (AvgIpc) is 3.37. The van der Waals surface area contributed by atoms with E-state index in [0.29, 0.717) is 39.2 Å². The highest BCUT2D eigenvalue weighted by molar-refractivity contribution is 5.88. The fraction of sp³-hybridized carbons (Fsp3) is 0.579. The van der Waals surface area contributed by atoms with Crippen LogP contribution in [0.3, 0.4) is 0 Å². The summed E-state index contributed by atoms with van der Waals surface area (Å²) in [6.45, 7) is 3.57. The minimum Gasteiger partial charge on any atom is -0.379 e. The third kappa shape index (κ3) is 3.67. The molecule has 7 heteroatoms. The van der Waals surface area contributed by atoms with E-state index in [1.807, 2.05) is 0 Å². The molecule has 1 N–H and O–H groups in total. The summed E-state index contributed by atoms with van der Waals surface area (Å²) in [5.74, 6) is -0.364. The standard InChI is InChI=1S/C19H24FN3O3/c20-15-3-1-14(2-4-15)11-22-8-5-16(17(22)24)21-18(25)23-9-10-26-13-19(12-23)6-7-19/h1-4,16H,5-13H2,(H,21,25). The summed E-state index contributed by atoms with van der Waals surface area (Å²) >= 11 is 0. The number of nitrogens with zero attached hydrogens (tertiary/aromatic N) is 2. The van der Waals surface area contributed by atoms with Crippen molar-refractivity contribution < 1.29 is 18.7 Å². The van der Waals surface area contributed by atoms with E-state index in [-0.39, 0.29) is 23.2 Å². The molecular formula is C19H24FN3O3. The van der Waals surface area contributed by atoms with Crippen LogP contribution in [0.1, 0.15) is 24.8 Å². The first kappa shape index (κ1) is 17.3. The highest BCUT2D eigenvalue weighted by Gasteiger charge is 2.46. The number of amides is 3. The molecule has 3 amide bonds. The largest absolute Gasteiger partial charge is 0.379 e. The number of urea groups is 1. The molecule has 1 saturated carbocycles. The number of carbonyl (C=O) groups excluding carboxylic acids is 2. The first-order chi connectivity index (χ1) is 12.5. The lowest BCUT2D eigenvalue weighted by Crippen LogP contribution is -2.49. The Kier molecular flexibility index (Phi) is 4.56. The lowest BCUT2D eigenvalue weighted by atomic mass is 10.1. The second-order valence-electron chi connectivity index (χ2n) is 7.65. The van der Waals surface area contributed by atoms with Crippen molar-refractivity contribution >= 4 is 11.9 Å². The summed E-state index contributed by atoms with van der Waals surface area (Å²) in [5.41, 5.74) is 1.02. The van der Waals surface area contributed by atoms with E-state index in [0.717, 1.165) is 25.0 Å². The molecule has 2 heterocycles. The number of carbonyl (C=O) groups is 2. The Morgan fingerprint density at radius 3 is 2.77 bits per heavy atom. The third-order valence-corrected chi connectivity index (χ3v) is 5.57. The molecule has 2 aliphatic heterocycles. The van der Waals surface area contributed by atoms with Gasteiger partial charge in [-0.05, 0) is 37.0 Å². The predicted molar refractivity (Wildman–Crippen MR) is 92.8 cm³/mol. The fourth-order valence-corrected chi connectivity index (χ4v) is 3.73. The minimum atomic E-state index is -0.484. The molecule has 1 aliphatic carbocycles. The van der Waals surface area contributed by atoms with Gasteiger partial charge in [-0.25, -0.2) is 9.18 Å². The van der Waals surface area contributed by atoms with Crippen LogP contribution in [0, 0.1) is 11.2 Å². The van der Waals surface area contributed by atoms with Crippen molar-refractivity contribution in [3.05, 3.63) is 35.6 Å². The van der Waals surface area contributed by atoms with Gasteiger partial charge >= 0.3 is 6.03 Å². The molecule has 2 saturated heterocycles. The zero-order valence-electron chi connectivity index (χ0n) is 14.7. The summed E-state index contributed by atoms with van der Waals surface area (Å²) in [7, 11) is 0. The Hall–Kier alpha value is -2.15. The molecule has 1 aromatic rings. The third-order valence-electron chi connectivity index (χ3n) is 5.57. The maximum atomic E-state index is 13.0. The number of rotatable bonds is 3. The van der Waals surface area contributed by atoms with Crippen molar-refractivity contribution in [3.8, 4) is 0 Å². The minimum absolute atomic E-state index is 0.0742. The Balaban J connectivity index is 1.33. The van der Waals surface area contributed by atoms with Gasteiger partial charge in [-0.1, -0.05) is 12.1 Å². The van der Waals surface area contributed by atoms with Gasteiger partial charge in [-0.3, -0.25) is 4.79 Å². The SMILES string of the molecule is O=C(NC1CCN(Cc2ccc(F)cc2)C1=O)N1CCOCC2(CC2)C1. The Bertz CT molecular complexity index is 690. The van der Waals surface area contributed by atoms with Gasteiger partial charge in [0.2, 0.25) is 5.91 Å². The number of ether oxygens (including phenoxy) is 1. The quantitative estimate of drug-likeness (QED) is 0.892. The Morgan fingerprint density at radius 2 is 2.04 bits per heavy atom. The van der Waals surface area contributed by atoms with Crippen LogP contribution in [-0.4, -0.2) is 60.6 Å². The molecule has 4 rings (SSSR count). The Morgan fingerprint density at radius 1 is 1.27 bits per heavy atom. The highest BCUT2D eigenvalue weighted by atomic mass is 19.1. The zero-order valence-corrected chi connectivity index (χ0v) is 14.7. The monoisotopic (exact) mass is 361 g/mol. The van der Waals surface area contributed by atoms with E-state index in [1.165, 1.54) is 12.1 Å². The van der Waals surface area contributed by atoms with E-state index in [4.69, 9.17) is 4.74 Å². The van der Waals surface area contributed by atoms with Crippen molar-refractivity contribution in [1.29, 1.82) is 0 Å². The predicted octanol–water partition coefficient (Wildman–Crippen LogP) is 1.75. The van der Waals surface area contributed by atoms with E-state index >= 15 is 0 Å². The molecule has 6 nitrogen and oxygen atoms in total. The van der Waals surface area contributed by atoms with Gasteiger partial charge in [0.1, 0.15) is 11.9 Å². The lowest BCUT2D eigenvalue weighted by Gasteiger charge is -2.25. The summed E-state index contributed by atoms with van der Waals surface area (Å²) in [6, 6.07) is 5.49. The van der Waals surface area contributed by atoms with Crippen LogP contribution in [0.4, 0.5) is 9.18 Å².